The van der Waals surface area contributed by atoms with Gasteiger partial charge in [0.2, 0.25) is 11.7 Å². The number of thioether (sulfide) groups is 1. The smallest absolute Gasteiger partial charge is 0.233 e. The van der Waals surface area contributed by atoms with Crippen LogP contribution < -0.4 is 0 Å². The molecule has 0 spiro atoms. The predicted molar refractivity (Wildman–Crippen MR) is 109 cm³/mol. The van der Waals surface area contributed by atoms with Gasteiger partial charge >= 0.3 is 0 Å². The Hall–Kier alpha value is -2.54. The van der Waals surface area contributed by atoms with Crippen LogP contribution in [0.25, 0.3) is 17.3 Å². The third-order valence-electron chi connectivity index (χ3n) is 4.74. The number of benzene rings is 1. The van der Waals surface area contributed by atoms with E-state index in [2.05, 4.69) is 17.1 Å². The number of hydrogen-bond donors (Lipinski definition) is 0. The summed E-state index contributed by atoms with van der Waals surface area (Å²) in [5.41, 5.74) is 0.942. The van der Waals surface area contributed by atoms with Crippen molar-refractivity contribution in [2.24, 2.45) is 5.92 Å². The van der Waals surface area contributed by atoms with Crippen LogP contribution in [0.3, 0.4) is 0 Å². The molecule has 2 aromatic heterocycles. The molecule has 1 aromatic carbocycles. The van der Waals surface area contributed by atoms with E-state index in [1.54, 1.807) is 6.26 Å². The minimum absolute atomic E-state index is 0.168. The predicted octanol–water partition coefficient (Wildman–Crippen LogP) is 4.27. The lowest BCUT2D eigenvalue weighted by molar-refractivity contribution is -0.128. The standard InChI is InChI=1S/C21H24N4O2S/c1-2-12-24(14-16-10-11-16)19(26)15-28-21-23-22-20(18-9-6-13-27-18)25(21)17-7-4-3-5-8-17/h3-9,13,16H,2,10-12,14-15H2,1H3. The SMILES string of the molecule is CCCN(CC1CC1)C(=O)CSc1nnc(-c2ccco2)n1-c1ccccc1. The molecule has 7 heteroatoms. The van der Waals surface area contributed by atoms with Gasteiger partial charge in [-0.05, 0) is 49.4 Å². The van der Waals surface area contributed by atoms with E-state index in [9.17, 15) is 4.79 Å². The van der Waals surface area contributed by atoms with Gasteiger partial charge in [0, 0.05) is 18.8 Å². The monoisotopic (exact) mass is 396 g/mol. The highest BCUT2D eigenvalue weighted by Crippen LogP contribution is 2.31. The van der Waals surface area contributed by atoms with Gasteiger partial charge in [-0.3, -0.25) is 9.36 Å². The summed E-state index contributed by atoms with van der Waals surface area (Å²) in [6.45, 7) is 3.82. The molecule has 4 rings (SSSR count). The molecule has 3 aromatic rings. The first-order valence-electron chi connectivity index (χ1n) is 9.71. The number of hydrogen-bond acceptors (Lipinski definition) is 5. The fourth-order valence-corrected chi connectivity index (χ4v) is 4.01. The van der Waals surface area contributed by atoms with Crippen molar-refractivity contribution in [2.45, 2.75) is 31.3 Å². The first-order valence-corrected chi connectivity index (χ1v) is 10.7. The minimum Gasteiger partial charge on any atom is -0.461 e. The van der Waals surface area contributed by atoms with Crippen molar-refractivity contribution >= 4 is 17.7 Å². The number of rotatable bonds is 9. The van der Waals surface area contributed by atoms with E-state index in [-0.39, 0.29) is 5.91 Å². The molecule has 1 amide bonds. The fourth-order valence-electron chi connectivity index (χ4n) is 3.16. The van der Waals surface area contributed by atoms with Crippen LogP contribution in [-0.4, -0.2) is 44.4 Å². The molecule has 0 radical (unpaired) electrons. The highest BCUT2D eigenvalue weighted by molar-refractivity contribution is 7.99. The summed E-state index contributed by atoms with van der Waals surface area (Å²) < 4.78 is 7.48. The Morgan fingerprint density at radius 2 is 2.04 bits per heavy atom. The molecule has 28 heavy (non-hydrogen) atoms. The molecule has 1 aliphatic carbocycles. The van der Waals surface area contributed by atoms with Gasteiger partial charge in [0.25, 0.3) is 0 Å². The number of carbonyl (C=O) groups excluding carboxylic acids is 1. The maximum atomic E-state index is 12.8. The van der Waals surface area contributed by atoms with E-state index in [1.165, 1.54) is 24.6 Å². The molecule has 0 bridgehead atoms. The van der Waals surface area contributed by atoms with Crippen molar-refractivity contribution in [3.63, 3.8) is 0 Å². The highest BCUT2D eigenvalue weighted by Gasteiger charge is 2.27. The number of aromatic nitrogens is 3. The number of amides is 1. The summed E-state index contributed by atoms with van der Waals surface area (Å²) in [6, 6.07) is 13.6. The summed E-state index contributed by atoms with van der Waals surface area (Å²) in [6.07, 6.45) is 5.09. The molecular weight excluding hydrogens is 372 g/mol. The zero-order valence-corrected chi connectivity index (χ0v) is 16.8. The van der Waals surface area contributed by atoms with Crippen LogP contribution in [-0.2, 0) is 4.79 Å². The summed E-state index contributed by atoms with van der Waals surface area (Å²) in [5, 5.41) is 9.36. The minimum atomic E-state index is 0.168. The van der Waals surface area contributed by atoms with Gasteiger partial charge in [0.05, 0.1) is 12.0 Å². The lowest BCUT2D eigenvalue weighted by Gasteiger charge is -2.21. The molecule has 0 unspecified atom stereocenters. The lowest BCUT2D eigenvalue weighted by atomic mass is 10.3. The van der Waals surface area contributed by atoms with E-state index in [0.717, 1.165) is 25.2 Å². The molecule has 1 saturated carbocycles. The molecule has 0 saturated heterocycles. The summed E-state index contributed by atoms with van der Waals surface area (Å²) in [7, 11) is 0. The third-order valence-corrected chi connectivity index (χ3v) is 5.65. The van der Waals surface area contributed by atoms with Crippen LogP contribution in [0.15, 0.2) is 58.3 Å². The van der Waals surface area contributed by atoms with E-state index < -0.39 is 0 Å². The zero-order chi connectivity index (χ0) is 19.3. The topological polar surface area (TPSA) is 64.2 Å². The van der Waals surface area contributed by atoms with Gasteiger partial charge in [-0.1, -0.05) is 36.9 Å². The number of para-hydroxylation sites is 1. The summed E-state index contributed by atoms with van der Waals surface area (Å²) in [5.74, 6) is 2.50. The third kappa shape index (κ3) is 4.30. The second-order valence-corrected chi connectivity index (χ2v) is 7.97. The van der Waals surface area contributed by atoms with Crippen LogP contribution in [0, 0.1) is 5.92 Å². The van der Waals surface area contributed by atoms with Crippen LogP contribution >= 0.6 is 11.8 Å². The van der Waals surface area contributed by atoms with Gasteiger partial charge in [-0.25, -0.2) is 0 Å². The molecule has 0 N–H and O–H groups in total. The van der Waals surface area contributed by atoms with Gasteiger partial charge in [0.15, 0.2) is 10.9 Å². The van der Waals surface area contributed by atoms with Crippen molar-refractivity contribution in [1.82, 2.24) is 19.7 Å². The molecule has 2 heterocycles. The molecule has 0 atom stereocenters. The maximum absolute atomic E-state index is 12.8. The molecule has 1 fully saturated rings. The lowest BCUT2D eigenvalue weighted by Crippen LogP contribution is -2.35. The van der Waals surface area contributed by atoms with Crippen molar-refractivity contribution in [2.75, 3.05) is 18.8 Å². The Balaban J connectivity index is 1.55. The fraction of sp³-hybridized carbons (Fsp3) is 0.381. The summed E-state index contributed by atoms with van der Waals surface area (Å²) >= 11 is 1.43. The van der Waals surface area contributed by atoms with E-state index in [0.29, 0.717) is 28.4 Å². The molecular formula is C21H24N4O2S. The average Bonchev–Trinajstić information content (AvgIpc) is 3.20. The number of nitrogens with zero attached hydrogens (tertiary/aromatic N) is 4. The first kappa shape index (κ1) is 18.8. The normalized spacial score (nSPS) is 13.6. The Labute approximate surface area is 168 Å². The van der Waals surface area contributed by atoms with E-state index in [1.807, 2.05) is 51.9 Å². The van der Waals surface area contributed by atoms with Gasteiger partial charge in [0.1, 0.15) is 0 Å². The van der Waals surface area contributed by atoms with Gasteiger partial charge in [-0.2, -0.15) is 0 Å². The Bertz CT molecular complexity index is 904. The second kappa shape index (κ2) is 8.65. The molecule has 1 aliphatic rings. The van der Waals surface area contributed by atoms with Crippen molar-refractivity contribution < 1.29 is 9.21 Å². The van der Waals surface area contributed by atoms with Crippen LogP contribution in [0.2, 0.25) is 0 Å². The maximum Gasteiger partial charge on any atom is 0.233 e. The van der Waals surface area contributed by atoms with Crippen molar-refractivity contribution in [1.29, 1.82) is 0 Å². The Morgan fingerprint density at radius 1 is 1.21 bits per heavy atom. The first-order chi connectivity index (χ1) is 13.8. The molecule has 0 aliphatic heterocycles. The highest BCUT2D eigenvalue weighted by atomic mass is 32.2. The van der Waals surface area contributed by atoms with Crippen molar-refractivity contribution in [3.05, 3.63) is 48.7 Å². The second-order valence-electron chi connectivity index (χ2n) is 7.03. The number of furan rings is 1. The van der Waals surface area contributed by atoms with Gasteiger partial charge < -0.3 is 9.32 Å². The summed E-state index contributed by atoms with van der Waals surface area (Å²) in [4.78, 5) is 14.8. The Kier molecular flexibility index (Phi) is 5.81. The van der Waals surface area contributed by atoms with Crippen molar-refractivity contribution in [3.8, 4) is 17.3 Å². The van der Waals surface area contributed by atoms with Gasteiger partial charge in [-0.15, -0.1) is 10.2 Å². The molecule has 146 valence electrons. The average molecular weight is 397 g/mol. The Morgan fingerprint density at radius 3 is 2.71 bits per heavy atom. The number of carbonyl (C=O) groups is 1. The van der Waals surface area contributed by atoms with Crippen LogP contribution in [0.5, 0.6) is 0 Å². The van der Waals surface area contributed by atoms with E-state index in [4.69, 9.17) is 4.42 Å². The van der Waals surface area contributed by atoms with Crippen LogP contribution in [0.1, 0.15) is 26.2 Å². The molecule has 6 nitrogen and oxygen atoms in total. The van der Waals surface area contributed by atoms with E-state index >= 15 is 0 Å². The largest absolute Gasteiger partial charge is 0.461 e. The quantitative estimate of drug-likeness (QED) is 0.506. The van der Waals surface area contributed by atoms with Crippen LogP contribution in [0.4, 0.5) is 0 Å². The zero-order valence-electron chi connectivity index (χ0n) is 16.0.